The van der Waals surface area contributed by atoms with Crippen LogP contribution in [0, 0.1) is 5.92 Å². The molecule has 2 aromatic carbocycles. The summed E-state index contributed by atoms with van der Waals surface area (Å²) in [6, 6.07) is 16.8. The molecule has 0 radical (unpaired) electrons. The van der Waals surface area contributed by atoms with Crippen molar-refractivity contribution in [1.82, 2.24) is 20.9 Å². The standard InChI is InChI=1S/C34H44N4O6S/c1-23(2)20-27(29(39)33-35-18-19-45-33)36-31(41)32(44-26-16-10-5-11-17-26)38-30(40)28(21-24-12-6-3-7-13-24)37-34(42)43-22-25-14-8-4-9-15-25/h3-4,6-9,12-15,18-19,23,26-29,32,39H,5,10-11,16-17,20-22H2,1-2H3,(H,36,41)(H,37,42)(H,38,40)/t27?,28-,29+,32-/m0/s1. The van der Waals surface area contributed by atoms with Crippen molar-refractivity contribution in [3.05, 3.63) is 88.4 Å². The van der Waals surface area contributed by atoms with Gasteiger partial charge in [0.1, 0.15) is 23.8 Å². The van der Waals surface area contributed by atoms with Crippen molar-refractivity contribution in [3.63, 3.8) is 0 Å². The summed E-state index contributed by atoms with van der Waals surface area (Å²) < 4.78 is 11.6. The van der Waals surface area contributed by atoms with Crippen molar-refractivity contribution >= 4 is 29.2 Å². The summed E-state index contributed by atoms with van der Waals surface area (Å²) in [6.45, 7) is 4.05. The Balaban J connectivity index is 1.50. The number of ether oxygens (including phenoxy) is 2. The Morgan fingerprint density at radius 1 is 0.911 bits per heavy atom. The lowest BCUT2D eigenvalue weighted by atomic mass is 9.97. The van der Waals surface area contributed by atoms with Crippen LogP contribution in [0.5, 0.6) is 0 Å². The smallest absolute Gasteiger partial charge is 0.408 e. The molecule has 4 N–H and O–H groups in total. The Morgan fingerprint density at radius 3 is 2.20 bits per heavy atom. The summed E-state index contributed by atoms with van der Waals surface area (Å²) in [7, 11) is 0. The molecule has 1 saturated carbocycles. The first kappa shape index (κ1) is 34.1. The Hall–Kier alpha value is -3.80. The van der Waals surface area contributed by atoms with Gasteiger partial charge in [0.05, 0.1) is 12.1 Å². The highest BCUT2D eigenvalue weighted by molar-refractivity contribution is 7.09. The van der Waals surface area contributed by atoms with E-state index in [-0.39, 0.29) is 25.0 Å². The molecule has 0 aliphatic heterocycles. The van der Waals surface area contributed by atoms with Crippen LogP contribution < -0.4 is 16.0 Å². The van der Waals surface area contributed by atoms with Crippen LogP contribution in [0.3, 0.4) is 0 Å². The maximum absolute atomic E-state index is 13.8. The van der Waals surface area contributed by atoms with E-state index in [1.807, 2.05) is 74.5 Å². The number of rotatable bonds is 15. The van der Waals surface area contributed by atoms with Crippen molar-refractivity contribution in [2.24, 2.45) is 5.92 Å². The van der Waals surface area contributed by atoms with Crippen LogP contribution in [0.4, 0.5) is 4.79 Å². The van der Waals surface area contributed by atoms with Crippen LogP contribution in [-0.2, 0) is 32.1 Å². The number of nitrogens with zero attached hydrogens (tertiary/aromatic N) is 1. The minimum absolute atomic E-state index is 0.0425. The largest absolute Gasteiger partial charge is 0.445 e. The van der Waals surface area contributed by atoms with E-state index in [0.717, 1.165) is 43.2 Å². The predicted octanol–water partition coefficient (Wildman–Crippen LogP) is 5.04. The molecule has 0 saturated heterocycles. The Kier molecular flexibility index (Phi) is 13.3. The van der Waals surface area contributed by atoms with Gasteiger partial charge in [0.25, 0.3) is 5.91 Å². The minimum atomic E-state index is -1.33. The van der Waals surface area contributed by atoms with E-state index in [2.05, 4.69) is 20.9 Å². The molecule has 45 heavy (non-hydrogen) atoms. The quantitative estimate of drug-likeness (QED) is 0.172. The predicted molar refractivity (Wildman–Crippen MR) is 172 cm³/mol. The third kappa shape index (κ3) is 11.3. The van der Waals surface area contributed by atoms with Gasteiger partial charge in [0.2, 0.25) is 12.1 Å². The van der Waals surface area contributed by atoms with Crippen LogP contribution in [0.2, 0.25) is 0 Å². The maximum Gasteiger partial charge on any atom is 0.408 e. The zero-order valence-corrected chi connectivity index (χ0v) is 26.7. The molecule has 1 heterocycles. The van der Waals surface area contributed by atoms with Gasteiger partial charge in [0.15, 0.2) is 0 Å². The minimum Gasteiger partial charge on any atom is -0.445 e. The number of hydrogen-bond donors (Lipinski definition) is 4. The molecule has 11 heteroatoms. The lowest BCUT2D eigenvalue weighted by Crippen LogP contribution is -2.57. The fourth-order valence-corrected chi connectivity index (χ4v) is 6.02. The number of alkyl carbamates (subject to hydrolysis) is 1. The van der Waals surface area contributed by atoms with Gasteiger partial charge in [-0.05, 0) is 36.3 Å². The van der Waals surface area contributed by atoms with Gasteiger partial charge in [-0.25, -0.2) is 9.78 Å². The first-order valence-corrected chi connectivity index (χ1v) is 16.5. The molecule has 1 aliphatic rings. The molecule has 1 aromatic heterocycles. The zero-order chi connectivity index (χ0) is 32.0. The molecule has 1 unspecified atom stereocenters. The van der Waals surface area contributed by atoms with Crippen LogP contribution in [0.1, 0.15) is 74.6 Å². The summed E-state index contributed by atoms with van der Waals surface area (Å²) in [5.74, 6) is -0.994. The molecule has 1 aliphatic carbocycles. The molecule has 10 nitrogen and oxygen atoms in total. The zero-order valence-electron chi connectivity index (χ0n) is 25.9. The van der Waals surface area contributed by atoms with Crippen LogP contribution in [-0.4, -0.2) is 52.4 Å². The topological polar surface area (TPSA) is 139 Å². The highest BCUT2D eigenvalue weighted by Crippen LogP contribution is 2.25. The molecule has 4 rings (SSSR count). The fraction of sp³-hybridized carbons (Fsp3) is 0.471. The second-order valence-electron chi connectivity index (χ2n) is 11.8. The van der Waals surface area contributed by atoms with Crippen LogP contribution in [0.25, 0.3) is 0 Å². The number of benzene rings is 2. The number of nitrogens with one attached hydrogen (secondary N) is 3. The number of aromatic nitrogens is 1. The van der Waals surface area contributed by atoms with Crippen molar-refractivity contribution in [3.8, 4) is 0 Å². The second-order valence-corrected chi connectivity index (χ2v) is 12.7. The molecule has 3 amide bonds. The number of thiazole rings is 1. The monoisotopic (exact) mass is 636 g/mol. The summed E-state index contributed by atoms with van der Waals surface area (Å²) in [6.07, 6.45) is 3.52. The average Bonchev–Trinajstić information content (AvgIpc) is 3.59. The highest BCUT2D eigenvalue weighted by atomic mass is 32.1. The van der Waals surface area contributed by atoms with E-state index in [0.29, 0.717) is 11.4 Å². The summed E-state index contributed by atoms with van der Waals surface area (Å²) in [5, 5.41) is 21.7. The van der Waals surface area contributed by atoms with Gasteiger partial charge >= 0.3 is 6.09 Å². The highest BCUT2D eigenvalue weighted by Gasteiger charge is 2.33. The molecule has 1 fully saturated rings. The third-order valence-corrected chi connectivity index (χ3v) is 8.48. The molecule has 3 aromatic rings. The van der Waals surface area contributed by atoms with E-state index in [9.17, 15) is 19.5 Å². The first-order chi connectivity index (χ1) is 21.8. The van der Waals surface area contributed by atoms with Crippen molar-refractivity contribution in [2.45, 2.75) is 95.9 Å². The maximum atomic E-state index is 13.8. The summed E-state index contributed by atoms with van der Waals surface area (Å²) in [5.41, 5.74) is 1.63. The van der Waals surface area contributed by atoms with Gasteiger partial charge in [-0.3, -0.25) is 9.59 Å². The summed E-state index contributed by atoms with van der Waals surface area (Å²) in [4.78, 5) is 44.7. The van der Waals surface area contributed by atoms with E-state index in [1.165, 1.54) is 11.3 Å². The van der Waals surface area contributed by atoms with Crippen molar-refractivity contribution in [1.29, 1.82) is 0 Å². The number of aliphatic hydroxyl groups excluding tert-OH is 1. The van der Waals surface area contributed by atoms with E-state index in [4.69, 9.17) is 9.47 Å². The van der Waals surface area contributed by atoms with Gasteiger partial charge in [0, 0.05) is 18.0 Å². The summed E-state index contributed by atoms with van der Waals surface area (Å²) >= 11 is 1.31. The molecule has 4 atom stereocenters. The molecule has 0 bridgehead atoms. The number of aliphatic hydroxyl groups is 1. The number of amides is 3. The average molecular weight is 637 g/mol. The SMILES string of the molecule is CC(C)CC(NC(=O)[C@@H](NC(=O)[C@H](Cc1ccccc1)NC(=O)OCc1ccccc1)OC1CCCCC1)[C@@H](O)c1nccs1. The van der Waals surface area contributed by atoms with Crippen LogP contribution in [0.15, 0.2) is 72.2 Å². The Labute approximate surface area is 268 Å². The van der Waals surface area contributed by atoms with Gasteiger partial charge in [-0.2, -0.15) is 0 Å². The van der Waals surface area contributed by atoms with Gasteiger partial charge in [-0.1, -0.05) is 93.8 Å². The molecular formula is C34H44N4O6S. The fourth-order valence-electron chi connectivity index (χ4n) is 5.34. The van der Waals surface area contributed by atoms with E-state index < -0.39 is 42.3 Å². The Morgan fingerprint density at radius 2 is 1.58 bits per heavy atom. The first-order valence-electron chi connectivity index (χ1n) is 15.6. The lowest BCUT2D eigenvalue weighted by molar-refractivity contribution is -0.148. The van der Waals surface area contributed by atoms with E-state index in [1.54, 1.807) is 11.6 Å². The third-order valence-electron chi connectivity index (χ3n) is 7.63. The van der Waals surface area contributed by atoms with Gasteiger partial charge in [-0.15, -0.1) is 11.3 Å². The van der Waals surface area contributed by atoms with Crippen molar-refractivity contribution in [2.75, 3.05) is 0 Å². The number of carbonyl (C=O) groups is 3. The number of hydrogen-bond acceptors (Lipinski definition) is 8. The van der Waals surface area contributed by atoms with Crippen LogP contribution >= 0.6 is 11.3 Å². The molecule has 0 spiro atoms. The Bertz CT molecular complexity index is 1320. The molecule has 242 valence electrons. The second kappa shape index (κ2) is 17.6. The molecular weight excluding hydrogens is 592 g/mol. The normalized spacial score (nSPS) is 16.3. The van der Waals surface area contributed by atoms with Gasteiger partial charge < -0.3 is 30.5 Å². The van der Waals surface area contributed by atoms with Crippen molar-refractivity contribution < 1.29 is 29.0 Å². The van der Waals surface area contributed by atoms with E-state index >= 15 is 0 Å². The number of carbonyl (C=O) groups excluding carboxylic acids is 3. The lowest BCUT2D eigenvalue weighted by Gasteiger charge is -2.31.